The summed E-state index contributed by atoms with van der Waals surface area (Å²) in [4.78, 5) is 39.2. The van der Waals surface area contributed by atoms with Gasteiger partial charge in [0.15, 0.2) is 17.3 Å². The molecular formula is C24H29NO7. The van der Waals surface area contributed by atoms with Crippen LogP contribution < -0.4 is 10.1 Å². The van der Waals surface area contributed by atoms with Gasteiger partial charge < -0.3 is 24.6 Å². The van der Waals surface area contributed by atoms with Gasteiger partial charge in [0.1, 0.15) is 5.92 Å². The molecule has 1 aromatic rings. The Hall–Kier alpha value is -3.29. The van der Waals surface area contributed by atoms with Crippen LogP contribution in [0.15, 0.2) is 40.7 Å². The molecule has 172 valence electrons. The number of nitrogens with one attached hydrogen (secondary N) is 1. The van der Waals surface area contributed by atoms with Crippen LogP contribution in [0.3, 0.4) is 0 Å². The van der Waals surface area contributed by atoms with Crippen molar-refractivity contribution in [3.63, 3.8) is 0 Å². The van der Waals surface area contributed by atoms with E-state index in [1.807, 2.05) is 6.92 Å². The molecule has 0 radical (unpaired) electrons. The van der Waals surface area contributed by atoms with Gasteiger partial charge in [-0.05, 0) is 50.8 Å². The van der Waals surface area contributed by atoms with Crippen molar-refractivity contribution in [3.8, 4) is 11.5 Å². The van der Waals surface area contributed by atoms with Crippen LogP contribution in [0, 0.1) is 11.8 Å². The molecule has 0 saturated carbocycles. The van der Waals surface area contributed by atoms with Gasteiger partial charge in [0, 0.05) is 22.9 Å². The van der Waals surface area contributed by atoms with Gasteiger partial charge >= 0.3 is 11.9 Å². The molecule has 1 aliphatic carbocycles. The molecule has 2 N–H and O–H groups in total. The van der Waals surface area contributed by atoms with Gasteiger partial charge in [-0.25, -0.2) is 4.79 Å². The summed E-state index contributed by atoms with van der Waals surface area (Å²) in [5.74, 6) is -3.45. The second kappa shape index (κ2) is 9.06. The molecule has 0 bridgehead atoms. The number of hydrogen-bond donors (Lipinski definition) is 2. The Morgan fingerprint density at radius 1 is 1.22 bits per heavy atom. The van der Waals surface area contributed by atoms with Crippen molar-refractivity contribution in [2.75, 3.05) is 14.2 Å². The number of benzene rings is 1. The van der Waals surface area contributed by atoms with Crippen molar-refractivity contribution in [1.29, 1.82) is 0 Å². The first-order valence-electron chi connectivity index (χ1n) is 10.5. The lowest BCUT2D eigenvalue weighted by atomic mass is 9.69. The van der Waals surface area contributed by atoms with E-state index in [1.165, 1.54) is 20.3 Å². The minimum absolute atomic E-state index is 0.0672. The number of allylic oxidation sites excluding steroid dienone is 3. The lowest BCUT2D eigenvalue weighted by molar-refractivity contribution is -0.151. The number of methoxy groups -OCH3 is 2. The van der Waals surface area contributed by atoms with Crippen LogP contribution >= 0.6 is 0 Å². The Balaban J connectivity index is 2.22. The zero-order valence-corrected chi connectivity index (χ0v) is 19.1. The molecule has 3 atom stereocenters. The van der Waals surface area contributed by atoms with Crippen molar-refractivity contribution < 1.29 is 33.7 Å². The number of phenolic OH excluding ortho intramolecular Hbond substituents is 1. The summed E-state index contributed by atoms with van der Waals surface area (Å²) in [6.45, 7) is 7.07. The van der Waals surface area contributed by atoms with E-state index >= 15 is 0 Å². The van der Waals surface area contributed by atoms with Crippen molar-refractivity contribution >= 4 is 17.7 Å². The number of ether oxygens (including phenoxy) is 3. The van der Waals surface area contributed by atoms with E-state index in [2.05, 4.69) is 5.32 Å². The highest BCUT2D eigenvalue weighted by Crippen LogP contribution is 2.46. The highest BCUT2D eigenvalue weighted by molar-refractivity contribution is 6.12. The van der Waals surface area contributed by atoms with E-state index in [4.69, 9.17) is 14.2 Å². The first-order chi connectivity index (χ1) is 15.1. The number of aromatic hydroxyl groups is 1. The summed E-state index contributed by atoms with van der Waals surface area (Å²) in [7, 11) is 2.67. The molecule has 3 rings (SSSR count). The van der Waals surface area contributed by atoms with E-state index in [0.29, 0.717) is 29.0 Å². The number of esters is 2. The van der Waals surface area contributed by atoms with Gasteiger partial charge in [-0.2, -0.15) is 0 Å². The number of dihydropyridines is 1. The van der Waals surface area contributed by atoms with Crippen LogP contribution in [0.5, 0.6) is 11.5 Å². The summed E-state index contributed by atoms with van der Waals surface area (Å²) in [5, 5.41) is 13.3. The van der Waals surface area contributed by atoms with Crippen molar-refractivity contribution in [2.24, 2.45) is 11.8 Å². The summed E-state index contributed by atoms with van der Waals surface area (Å²) in [6.07, 6.45) is 0.0780. The van der Waals surface area contributed by atoms with Crippen LogP contribution in [-0.4, -0.2) is 43.2 Å². The standard InChI is InChI=1S/C24H29NO7/c1-11(2)32-24(29)19-13(4)25-15-9-12(3)18(23(28)31-6)22(27)21(15)20(19)14-7-8-16(26)17(10-14)30-5/h7-8,10-12,18,20,25-26H,9H2,1-6H3/t12-,18+,20+/m0/s1. The molecule has 0 unspecified atom stereocenters. The molecule has 0 aromatic heterocycles. The summed E-state index contributed by atoms with van der Waals surface area (Å²) in [6, 6.07) is 4.67. The third-order valence-corrected chi connectivity index (χ3v) is 5.84. The zero-order valence-electron chi connectivity index (χ0n) is 19.1. The number of hydrogen-bond acceptors (Lipinski definition) is 8. The minimum atomic E-state index is -0.970. The van der Waals surface area contributed by atoms with Gasteiger partial charge in [0.05, 0.1) is 25.9 Å². The van der Waals surface area contributed by atoms with Crippen molar-refractivity contribution in [3.05, 3.63) is 46.3 Å². The topological polar surface area (TPSA) is 111 Å². The Bertz CT molecular complexity index is 1020. The first-order valence-corrected chi connectivity index (χ1v) is 10.5. The second-order valence-electron chi connectivity index (χ2n) is 8.42. The van der Waals surface area contributed by atoms with E-state index in [9.17, 15) is 19.5 Å². The number of carbonyl (C=O) groups excluding carboxylic acids is 3. The van der Waals surface area contributed by atoms with Crippen molar-refractivity contribution in [2.45, 2.75) is 46.1 Å². The maximum atomic E-state index is 13.6. The number of ketones is 1. The monoisotopic (exact) mass is 443 g/mol. The van der Waals surface area contributed by atoms with Gasteiger partial charge in [-0.1, -0.05) is 13.0 Å². The second-order valence-corrected chi connectivity index (χ2v) is 8.42. The molecular weight excluding hydrogens is 414 g/mol. The Kier molecular flexibility index (Phi) is 6.62. The normalized spacial score (nSPS) is 23.0. The van der Waals surface area contributed by atoms with Crippen molar-refractivity contribution in [1.82, 2.24) is 5.32 Å². The molecule has 1 heterocycles. The SMILES string of the molecule is COC(=O)[C@H]1C(=O)C2=C(C[C@@H]1C)NC(C)=C(C(=O)OC(C)C)[C@H]2c1ccc(O)c(OC)c1. The van der Waals surface area contributed by atoms with E-state index in [0.717, 1.165) is 0 Å². The van der Waals surface area contributed by atoms with Gasteiger partial charge in [-0.15, -0.1) is 0 Å². The van der Waals surface area contributed by atoms with Crippen LogP contribution in [0.4, 0.5) is 0 Å². The highest BCUT2D eigenvalue weighted by Gasteiger charge is 2.47. The van der Waals surface area contributed by atoms with E-state index < -0.39 is 29.6 Å². The fourth-order valence-electron chi connectivity index (χ4n) is 4.44. The predicted octanol–water partition coefficient (Wildman–Crippen LogP) is 2.97. The first kappa shape index (κ1) is 23.4. The highest BCUT2D eigenvalue weighted by atomic mass is 16.5. The Labute approximate surface area is 187 Å². The fourth-order valence-corrected chi connectivity index (χ4v) is 4.44. The van der Waals surface area contributed by atoms with Gasteiger partial charge in [0.25, 0.3) is 0 Å². The number of Topliss-reactive ketones (excluding diaryl/α,β-unsaturated/α-hetero) is 1. The fraction of sp³-hybridized carbons (Fsp3) is 0.458. The third-order valence-electron chi connectivity index (χ3n) is 5.84. The third kappa shape index (κ3) is 4.09. The van der Waals surface area contributed by atoms with Gasteiger partial charge in [-0.3, -0.25) is 9.59 Å². The quantitative estimate of drug-likeness (QED) is 0.528. The van der Waals surface area contributed by atoms with Crippen LogP contribution in [0.25, 0.3) is 0 Å². The maximum absolute atomic E-state index is 13.6. The number of rotatable bonds is 5. The molecule has 8 nitrogen and oxygen atoms in total. The average molecular weight is 443 g/mol. The zero-order chi connectivity index (χ0) is 23.7. The number of carbonyl (C=O) groups is 3. The van der Waals surface area contributed by atoms with Crippen LogP contribution in [0.1, 0.15) is 45.6 Å². The summed E-state index contributed by atoms with van der Waals surface area (Å²) < 4.78 is 15.6. The predicted molar refractivity (Wildman–Crippen MR) is 116 cm³/mol. The lowest BCUT2D eigenvalue weighted by Crippen LogP contribution is -2.43. The largest absolute Gasteiger partial charge is 0.504 e. The molecule has 0 fully saturated rings. The van der Waals surface area contributed by atoms with Crippen LogP contribution in [-0.2, 0) is 23.9 Å². The van der Waals surface area contributed by atoms with Gasteiger partial charge in [0.2, 0.25) is 0 Å². The molecule has 2 aliphatic rings. The maximum Gasteiger partial charge on any atom is 0.337 e. The molecule has 8 heteroatoms. The van der Waals surface area contributed by atoms with E-state index in [-0.39, 0.29) is 29.1 Å². The lowest BCUT2D eigenvalue weighted by Gasteiger charge is -2.38. The molecule has 1 aliphatic heterocycles. The summed E-state index contributed by atoms with van der Waals surface area (Å²) in [5.41, 5.74) is 2.40. The van der Waals surface area contributed by atoms with E-state index in [1.54, 1.807) is 32.9 Å². The molecule has 1 aromatic carbocycles. The smallest absolute Gasteiger partial charge is 0.337 e. The van der Waals surface area contributed by atoms with Crippen LogP contribution in [0.2, 0.25) is 0 Å². The molecule has 0 saturated heterocycles. The molecule has 0 amide bonds. The average Bonchev–Trinajstić information content (AvgIpc) is 2.72. The summed E-state index contributed by atoms with van der Waals surface area (Å²) >= 11 is 0. The molecule has 0 spiro atoms. The number of phenols is 1. The molecule has 32 heavy (non-hydrogen) atoms. The Morgan fingerprint density at radius 2 is 1.91 bits per heavy atom. The minimum Gasteiger partial charge on any atom is -0.504 e. The Morgan fingerprint density at radius 3 is 2.50 bits per heavy atom.